The molecule has 3 aliphatic heterocycles. The van der Waals surface area contributed by atoms with Crippen LogP contribution in [0.4, 0.5) is 5.69 Å². The van der Waals surface area contributed by atoms with Crippen molar-refractivity contribution in [2.24, 2.45) is 0 Å². The molecule has 0 radical (unpaired) electrons. The Morgan fingerprint density at radius 2 is 2.04 bits per heavy atom. The van der Waals surface area contributed by atoms with Gasteiger partial charge in [0.25, 0.3) is 0 Å². The fourth-order valence-corrected chi connectivity index (χ4v) is 4.21. The minimum Gasteiger partial charge on any atom is -0.309 e. The van der Waals surface area contributed by atoms with Crippen LogP contribution in [0.25, 0.3) is 0 Å². The molecule has 5 heterocycles. The maximum atomic E-state index is 11.8. The lowest BCUT2D eigenvalue weighted by molar-refractivity contribution is -0.117. The number of nitrogens with zero attached hydrogens (tertiary/aromatic N) is 6. The van der Waals surface area contributed by atoms with E-state index in [0.717, 1.165) is 44.8 Å². The van der Waals surface area contributed by atoms with Crippen molar-refractivity contribution >= 4 is 11.6 Å². The molecular weight excluding hydrogens is 316 g/mol. The fraction of sp³-hybridized carbons (Fsp3) is 0.611. The minimum atomic E-state index is 0.221. The zero-order valence-corrected chi connectivity index (χ0v) is 14.5. The van der Waals surface area contributed by atoms with Crippen LogP contribution in [0.5, 0.6) is 0 Å². The summed E-state index contributed by atoms with van der Waals surface area (Å²) in [5.41, 5.74) is 3.53. The number of likely N-dealkylation sites (tertiary alicyclic amines) is 1. The van der Waals surface area contributed by atoms with Crippen LogP contribution in [0.1, 0.15) is 43.1 Å². The van der Waals surface area contributed by atoms with Crippen molar-refractivity contribution < 1.29 is 4.79 Å². The van der Waals surface area contributed by atoms with Crippen LogP contribution in [0.15, 0.2) is 18.5 Å². The summed E-state index contributed by atoms with van der Waals surface area (Å²) in [7, 11) is 0. The van der Waals surface area contributed by atoms with Crippen molar-refractivity contribution in [3.8, 4) is 0 Å². The van der Waals surface area contributed by atoms with E-state index in [1.807, 2.05) is 22.0 Å². The smallest absolute Gasteiger partial charge is 0.227 e. The number of anilines is 1. The highest BCUT2D eigenvalue weighted by atomic mass is 16.2. The summed E-state index contributed by atoms with van der Waals surface area (Å²) in [6.07, 6.45) is 9.18. The lowest BCUT2D eigenvalue weighted by Crippen LogP contribution is -2.47. The number of rotatable bonds is 4. The number of hydrogen-bond donors (Lipinski definition) is 0. The van der Waals surface area contributed by atoms with Crippen molar-refractivity contribution in [3.63, 3.8) is 0 Å². The van der Waals surface area contributed by atoms with Gasteiger partial charge in [0.1, 0.15) is 0 Å². The molecule has 7 heteroatoms. The highest BCUT2D eigenvalue weighted by Gasteiger charge is 2.31. The first-order valence-corrected chi connectivity index (χ1v) is 9.39. The van der Waals surface area contributed by atoms with Crippen LogP contribution < -0.4 is 4.90 Å². The highest BCUT2D eigenvalue weighted by molar-refractivity contribution is 5.95. The second-order valence-electron chi connectivity index (χ2n) is 7.48. The Labute approximate surface area is 147 Å². The molecule has 0 atom stereocenters. The van der Waals surface area contributed by atoms with E-state index < -0.39 is 0 Å². The van der Waals surface area contributed by atoms with Crippen LogP contribution >= 0.6 is 0 Å². The normalized spacial score (nSPS) is 21.6. The third kappa shape index (κ3) is 2.76. The summed E-state index contributed by atoms with van der Waals surface area (Å²) in [5, 5.41) is 9.23. The lowest BCUT2D eigenvalue weighted by Gasteiger charge is -2.38. The van der Waals surface area contributed by atoms with E-state index in [1.165, 1.54) is 30.7 Å². The van der Waals surface area contributed by atoms with E-state index in [0.29, 0.717) is 12.5 Å². The molecule has 2 aromatic rings. The lowest BCUT2D eigenvalue weighted by atomic mass is 10.1. The van der Waals surface area contributed by atoms with Gasteiger partial charge >= 0.3 is 0 Å². The van der Waals surface area contributed by atoms with Gasteiger partial charge < -0.3 is 4.90 Å². The molecule has 0 bridgehead atoms. The molecule has 0 N–H and O–H groups in total. The molecule has 0 unspecified atom stereocenters. The van der Waals surface area contributed by atoms with Gasteiger partial charge in [0.15, 0.2) is 0 Å². The molecule has 0 aliphatic carbocycles. The van der Waals surface area contributed by atoms with Crippen molar-refractivity contribution in [2.75, 3.05) is 24.5 Å². The minimum absolute atomic E-state index is 0.221. The molecule has 25 heavy (non-hydrogen) atoms. The van der Waals surface area contributed by atoms with Crippen LogP contribution in [0.2, 0.25) is 0 Å². The fourth-order valence-electron chi connectivity index (χ4n) is 4.21. The summed E-state index contributed by atoms with van der Waals surface area (Å²) in [6, 6.07) is 2.68. The number of amides is 1. The van der Waals surface area contributed by atoms with Gasteiger partial charge in [-0.05, 0) is 31.7 Å². The molecule has 5 rings (SSSR count). The van der Waals surface area contributed by atoms with Gasteiger partial charge in [0, 0.05) is 51.0 Å². The Morgan fingerprint density at radius 1 is 1.12 bits per heavy atom. The van der Waals surface area contributed by atoms with Crippen molar-refractivity contribution in [2.45, 2.75) is 51.2 Å². The molecule has 1 amide bonds. The number of hydrogen-bond acceptors (Lipinski definition) is 4. The van der Waals surface area contributed by atoms with Gasteiger partial charge in [0.2, 0.25) is 5.91 Å². The van der Waals surface area contributed by atoms with Gasteiger partial charge in [-0.25, -0.2) is 0 Å². The maximum absolute atomic E-state index is 11.8. The molecule has 0 aromatic carbocycles. The van der Waals surface area contributed by atoms with Gasteiger partial charge in [-0.2, -0.15) is 10.2 Å². The van der Waals surface area contributed by atoms with Gasteiger partial charge in [-0.3, -0.25) is 19.1 Å². The molecule has 2 fully saturated rings. The molecule has 0 spiro atoms. The van der Waals surface area contributed by atoms with Crippen LogP contribution in [-0.4, -0.2) is 50.0 Å². The molecule has 132 valence electrons. The number of aromatic nitrogens is 4. The molecule has 2 saturated heterocycles. The van der Waals surface area contributed by atoms with E-state index in [9.17, 15) is 4.79 Å². The summed E-state index contributed by atoms with van der Waals surface area (Å²) < 4.78 is 4.21. The second-order valence-corrected chi connectivity index (χ2v) is 7.48. The second kappa shape index (κ2) is 5.98. The Hall–Kier alpha value is -2.15. The van der Waals surface area contributed by atoms with E-state index in [1.54, 1.807) is 0 Å². The van der Waals surface area contributed by atoms with Gasteiger partial charge in [-0.15, -0.1) is 0 Å². The first-order valence-electron chi connectivity index (χ1n) is 9.39. The molecular formula is C18H24N6O. The zero-order chi connectivity index (χ0) is 16.8. The summed E-state index contributed by atoms with van der Waals surface area (Å²) in [5.74, 6) is 0.221. The van der Waals surface area contributed by atoms with Gasteiger partial charge in [-0.1, -0.05) is 0 Å². The van der Waals surface area contributed by atoms with Gasteiger partial charge in [0.05, 0.1) is 23.6 Å². The standard InChI is InChI=1S/C18H24N6O/c25-18-5-3-6-22(18)16-9-19-24(13-16)17-11-21(12-17)10-14-8-15-4-1-2-7-23(15)20-14/h8-9,13,17H,1-7,10-12H2. The van der Waals surface area contributed by atoms with Crippen LogP contribution in [-0.2, 0) is 24.3 Å². The average molecular weight is 340 g/mol. The third-order valence-electron chi connectivity index (χ3n) is 5.64. The molecule has 3 aliphatic rings. The van der Waals surface area contributed by atoms with E-state index in [4.69, 9.17) is 5.10 Å². The van der Waals surface area contributed by atoms with E-state index in [-0.39, 0.29) is 5.91 Å². The SMILES string of the molecule is O=C1CCCN1c1cnn(C2CN(Cc3cc4n(n3)CCCC4)C2)c1. The van der Waals surface area contributed by atoms with Crippen molar-refractivity contribution in [1.29, 1.82) is 0 Å². The maximum Gasteiger partial charge on any atom is 0.227 e. The summed E-state index contributed by atoms with van der Waals surface area (Å²) in [6.45, 7) is 4.82. The van der Waals surface area contributed by atoms with E-state index in [2.05, 4.69) is 20.7 Å². The Kier molecular flexibility index (Phi) is 3.62. The molecule has 0 saturated carbocycles. The summed E-state index contributed by atoms with van der Waals surface area (Å²) in [4.78, 5) is 16.1. The van der Waals surface area contributed by atoms with Crippen molar-refractivity contribution in [1.82, 2.24) is 24.5 Å². The van der Waals surface area contributed by atoms with Crippen LogP contribution in [0.3, 0.4) is 0 Å². The largest absolute Gasteiger partial charge is 0.309 e. The number of carbonyl (C=O) groups excluding carboxylic acids is 1. The first-order chi connectivity index (χ1) is 12.3. The molecule has 7 nitrogen and oxygen atoms in total. The Morgan fingerprint density at radius 3 is 2.84 bits per heavy atom. The van der Waals surface area contributed by atoms with E-state index >= 15 is 0 Å². The number of carbonyl (C=O) groups is 1. The zero-order valence-electron chi connectivity index (χ0n) is 14.5. The topological polar surface area (TPSA) is 59.2 Å². The third-order valence-corrected chi connectivity index (χ3v) is 5.64. The number of fused-ring (bicyclic) bond motifs is 1. The summed E-state index contributed by atoms with van der Waals surface area (Å²) >= 11 is 0. The van der Waals surface area contributed by atoms with Crippen LogP contribution in [0, 0.1) is 0 Å². The monoisotopic (exact) mass is 340 g/mol. The predicted molar refractivity (Wildman–Crippen MR) is 93.3 cm³/mol. The first kappa shape index (κ1) is 15.1. The highest BCUT2D eigenvalue weighted by Crippen LogP contribution is 2.27. The average Bonchev–Trinajstić information content (AvgIpc) is 3.28. The predicted octanol–water partition coefficient (Wildman–Crippen LogP) is 1.60. The quantitative estimate of drug-likeness (QED) is 0.848. The Balaban J connectivity index is 1.19. The Bertz CT molecular complexity index is 764. The van der Waals surface area contributed by atoms with Crippen molar-refractivity contribution in [3.05, 3.63) is 29.8 Å². The molecule has 2 aromatic heterocycles. The number of aryl methyl sites for hydroxylation is 2.